The number of carbonyl (C=O) groups is 1. The number of carbonyl (C=O) groups excluding carboxylic acids is 1. The van der Waals surface area contributed by atoms with E-state index >= 15 is 0 Å². The predicted molar refractivity (Wildman–Crippen MR) is 118 cm³/mol. The molecule has 0 unspecified atom stereocenters. The van der Waals surface area contributed by atoms with Gasteiger partial charge in [-0.3, -0.25) is 9.69 Å². The minimum Gasteiger partial charge on any atom is -0.475 e. The number of alkyl halides is 2. The monoisotopic (exact) mass is 450 g/mol. The van der Waals surface area contributed by atoms with Gasteiger partial charge in [0.05, 0.1) is 17.1 Å². The number of hydrogen-bond donors (Lipinski definition) is 2. The predicted octanol–water partition coefficient (Wildman–Crippen LogP) is 2.81. The van der Waals surface area contributed by atoms with E-state index in [1.807, 2.05) is 19.9 Å². The number of aromatic nitrogens is 2. The number of aryl methyl sites for hydroxylation is 1. The molecule has 4 N–H and O–H groups in total. The number of rotatable bonds is 8. The van der Waals surface area contributed by atoms with Crippen LogP contribution < -0.4 is 16.7 Å². The molecule has 0 atom stereocenters. The Kier molecular flexibility index (Phi) is 8.79. The van der Waals surface area contributed by atoms with E-state index in [1.165, 1.54) is 17.9 Å². The second-order valence-corrected chi connectivity index (χ2v) is 6.95. The second-order valence-electron chi connectivity index (χ2n) is 6.95. The van der Waals surface area contributed by atoms with Crippen LogP contribution in [0.25, 0.3) is 0 Å². The van der Waals surface area contributed by atoms with Gasteiger partial charge in [0.15, 0.2) is 0 Å². The molecule has 0 aliphatic heterocycles. The fraction of sp³-hybridized carbons (Fsp3) is 0.400. The maximum absolute atomic E-state index is 12.7. The molecule has 1 aromatic carbocycles. The van der Waals surface area contributed by atoms with Crippen molar-refractivity contribution in [2.24, 2.45) is 21.9 Å². The van der Waals surface area contributed by atoms with Crippen LogP contribution >= 0.6 is 0 Å². The molecule has 174 valence electrons. The summed E-state index contributed by atoms with van der Waals surface area (Å²) in [7, 11) is 1.39. The zero-order valence-corrected chi connectivity index (χ0v) is 18.5. The van der Waals surface area contributed by atoms with Crippen molar-refractivity contribution in [1.29, 1.82) is 0 Å². The Morgan fingerprint density at radius 1 is 1.28 bits per heavy atom. The molecule has 10 nitrogen and oxygen atoms in total. The van der Waals surface area contributed by atoms with Crippen LogP contribution in [0.5, 0.6) is 0 Å². The van der Waals surface area contributed by atoms with Gasteiger partial charge in [-0.1, -0.05) is 19.1 Å². The van der Waals surface area contributed by atoms with Gasteiger partial charge >= 0.3 is 6.03 Å². The number of nitrogens with two attached hydrogens (primary N) is 2. The Balaban J connectivity index is 2.21. The molecule has 12 heteroatoms. The lowest BCUT2D eigenvalue weighted by molar-refractivity contribution is 0.121. The van der Waals surface area contributed by atoms with E-state index in [0.29, 0.717) is 35.0 Å². The number of nitrogens with zero attached hydrogens (tertiary/aromatic N) is 6. The first kappa shape index (κ1) is 24.9. The highest BCUT2D eigenvalue weighted by molar-refractivity contribution is 5.97. The van der Waals surface area contributed by atoms with Gasteiger partial charge in [0.1, 0.15) is 13.2 Å². The lowest BCUT2D eigenvalue weighted by atomic mass is 10.1. The minimum absolute atomic E-state index is 0.0851. The third-order valence-electron chi connectivity index (χ3n) is 4.55. The quantitative estimate of drug-likeness (QED) is 0.210. The van der Waals surface area contributed by atoms with Crippen molar-refractivity contribution in [2.45, 2.75) is 46.8 Å². The summed E-state index contributed by atoms with van der Waals surface area (Å²) in [4.78, 5) is 12.2. The number of hydrazine groups is 2. The van der Waals surface area contributed by atoms with Crippen LogP contribution in [0.3, 0.4) is 0 Å². The van der Waals surface area contributed by atoms with E-state index in [9.17, 15) is 13.6 Å². The van der Waals surface area contributed by atoms with Gasteiger partial charge in [0.2, 0.25) is 5.90 Å². The molecule has 0 aliphatic carbocycles. The summed E-state index contributed by atoms with van der Waals surface area (Å²) < 4.78 is 32.4. The van der Waals surface area contributed by atoms with Crippen LogP contribution in [0.2, 0.25) is 0 Å². The van der Waals surface area contributed by atoms with Crippen molar-refractivity contribution in [3.05, 3.63) is 47.3 Å². The molecule has 2 amide bonds. The average molecular weight is 450 g/mol. The first-order chi connectivity index (χ1) is 15.1. The molecule has 1 aromatic heterocycles. The SMILES string of the molecule is CC/C(=N\N=C(C)c1ccnn1CC(F)F)OCc1c(C)cccc1N(N)C(=O)N(C)N. The number of anilines is 1. The topological polar surface area (TPSA) is 127 Å². The Morgan fingerprint density at radius 2 is 2.00 bits per heavy atom. The summed E-state index contributed by atoms with van der Waals surface area (Å²) in [5, 5.41) is 13.9. The summed E-state index contributed by atoms with van der Waals surface area (Å²) in [6.07, 6.45) is -0.669. The van der Waals surface area contributed by atoms with Crippen molar-refractivity contribution in [3.63, 3.8) is 0 Å². The summed E-state index contributed by atoms with van der Waals surface area (Å²) in [5.41, 5.74) is 2.84. The molecule has 2 rings (SSSR count). The first-order valence-corrected chi connectivity index (χ1v) is 9.85. The van der Waals surface area contributed by atoms with Crippen molar-refractivity contribution in [1.82, 2.24) is 14.8 Å². The molecule has 0 saturated heterocycles. The van der Waals surface area contributed by atoms with Crippen LogP contribution in [0.1, 0.15) is 37.1 Å². The molecule has 0 radical (unpaired) electrons. The summed E-state index contributed by atoms with van der Waals surface area (Å²) in [5.74, 6) is 11.8. The lowest BCUT2D eigenvalue weighted by Crippen LogP contribution is -2.49. The average Bonchev–Trinajstić information content (AvgIpc) is 3.20. The normalized spacial score (nSPS) is 12.3. The number of ether oxygens (including phenoxy) is 1. The lowest BCUT2D eigenvalue weighted by Gasteiger charge is -2.24. The number of urea groups is 1. The number of amides is 2. The fourth-order valence-electron chi connectivity index (χ4n) is 2.83. The van der Waals surface area contributed by atoms with Gasteiger partial charge in [-0.2, -0.15) is 10.2 Å². The molecular weight excluding hydrogens is 422 g/mol. The van der Waals surface area contributed by atoms with Crippen LogP contribution in [0.4, 0.5) is 19.3 Å². The molecule has 1 heterocycles. The Labute approximate surface area is 185 Å². The Morgan fingerprint density at radius 3 is 2.62 bits per heavy atom. The number of benzene rings is 1. The highest BCUT2D eigenvalue weighted by atomic mass is 19.3. The number of hydrogen-bond acceptors (Lipinski definition) is 7. The molecule has 32 heavy (non-hydrogen) atoms. The van der Waals surface area contributed by atoms with E-state index in [1.54, 1.807) is 25.1 Å². The van der Waals surface area contributed by atoms with E-state index < -0.39 is 19.0 Å². The van der Waals surface area contributed by atoms with Crippen LogP contribution in [-0.4, -0.2) is 45.9 Å². The first-order valence-electron chi connectivity index (χ1n) is 9.85. The van der Waals surface area contributed by atoms with Crippen molar-refractivity contribution in [2.75, 3.05) is 12.1 Å². The van der Waals surface area contributed by atoms with Gasteiger partial charge in [-0.25, -0.2) is 30.3 Å². The van der Waals surface area contributed by atoms with Gasteiger partial charge in [0.25, 0.3) is 6.43 Å². The van der Waals surface area contributed by atoms with E-state index in [2.05, 4.69) is 15.3 Å². The maximum atomic E-state index is 12.7. The minimum atomic E-state index is -2.53. The third kappa shape index (κ3) is 6.31. The summed E-state index contributed by atoms with van der Waals surface area (Å²) in [6.45, 7) is 4.91. The molecule has 0 fully saturated rings. The zero-order chi connectivity index (χ0) is 23.8. The van der Waals surface area contributed by atoms with Gasteiger partial charge < -0.3 is 4.74 Å². The maximum Gasteiger partial charge on any atom is 0.352 e. The van der Waals surface area contributed by atoms with E-state index in [4.69, 9.17) is 16.4 Å². The van der Waals surface area contributed by atoms with Gasteiger partial charge in [-0.05, 0) is 31.5 Å². The smallest absolute Gasteiger partial charge is 0.352 e. The molecule has 2 aromatic rings. The van der Waals surface area contributed by atoms with E-state index in [0.717, 1.165) is 15.6 Å². The highest BCUT2D eigenvalue weighted by Crippen LogP contribution is 2.24. The Hall–Kier alpha value is -3.38. The fourth-order valence-corrected chi connectivity index (χ4v) is 2.83. The molecular formula is C20H28F2N8O2. The Bertz CT molecular complexity index is 988. The largest absolute Gasteiger partial charge is 0.475 e. The van der Waals surface area contributed by atoms with Crippen molar-refractivity contribution >= 4 is 23.3 Å². The van der Waals surface area contributed by atoms with Crippen LogP contribution in [-0.2, 0) is 17.9 Å². The molecule has 0 saturated carbocycles. The van der Waals surface area contributed by atoms with Gasteiger partial charge in [-0.15, -0.1) is 5.10 Å². The van der Waals surface area contributed by atoms with E-state index in [-0.39, 0.29) is 6.61 Å². The summed E-state index contributed by atoms with van der Waals surface area (Å²) in [6, 6.07) is 6.30. The molecule has 0 aliphatic rings. The van der Waals surface area contributed by atoms with Gasteiger partial charge in [0, 0.05) is 25.2 Å². The van der Waals surface area contributed by atoms with Crippen molar-refractivity contribution in [3.8, 4) is 0 Å². The second kappa shape index (κ2) is 11.3. The van der Waals surface area contributed by atoms with Crippen molar-refractivity contribution < 1.29 is 18.3 Å². The third-order valence-corrected chi connectivity index (χ3v) is 4.55. The zero-order valence-electron chi connectivity index (χ0n) is 18.5. The summed E-state index contributed by atoms with van der Waals surface area (Å²) >= 11 is 0. The molecule has 0 spiro atoms. The standard InChI is InChI=1S/C20H28F2N8O2/c1-5-19(27-26-14(3)16-9-10-25-29(16)11-18(21)22)32-12-15-13(2)7-6-8-17(15)30(24)20(31)28(4)23/h6-10,18H,5,11-12,23-24H2,1-4H3/b26-14?,27-19+. The highest BCUT2D eigenvalue weighted by Gasteiger charge is 2.19. The molecule has 0 bridgehead atoms. The van der Waals surface area contributed by atoms with Crippen LogP contribution in [0, 0.1) is 6.92 Å². The number of halogens is 2. The van der Waals surface area contributed by atoms with Crippen LogP contribution in [0.15, 0.2) is 40.7 Å².